The zero-order chi connectivity index (χ0) is 22.1. The molecule has 1 aromatic carbocycles. The quantitative estimate of drug-likeness (QED) is 0.180. The Kier molecular flexibility index (Phi) is 9.74. The second-order valence-corrected chi connectivity index (χ2v) is 10.3. The van der Waals surface area contributed by atoms with Gasteiger partial charge < -0.3 is 14.4 Å². The maximum atomic E-state index is 12.4. The van der Waals surface area contributed by atoms with Crippen LogP contribution in [0.1, 0.15) is 18.4 Å². The van der Waals surface area contributed by atoms with Crippen LogP contribution in [0.5, 0.6) is 11.5 Å². The minimum absolute atomic E-state index is 0.182. The Morgan fingerprint density at radius 3 is 2.37 bits per heavy atom. The number of nitrogens with zero attached hydrogens (tertiary/aromatic N) is 2. The molecule has 0 unspecified atom stereocenters. The fourth-order valence-corrected chi connectivity index (χ4v) is 5.02. The van der Waals surface area contributed by atoms with E-state index in [2.05, 4.69) is 4.40 Å². The van der Waals surface area contributed by atoms with Crippen molar-refractivity contribution in [1.29, 1.82) is 0 Å². The topological polar surface area (TPSA) is 68.2 Å². The zero-order valence-corrected chi connectivity index (χ0v) is 20.4. The third-order valence-corrected chi connectivity index (χ3v) is 7.29. The van der Waals surface area contributed by atoms with E-state index in [-0.39, 0.29) is 4.21 Å². The molecular formula is C20H26Cl2N2O4S2. The van der Waals surface area contributed by atoms with Crippen molar-refractivity contribution in [3.63, 3.8) is 0 Å². The molecule has 0 amide bonds. The number of ether oxygens (including phenoxy) is 2. The van der Waals surface area contributed by atoms with Crippen LogP contribution in [0, 0.1) is 6.92 Å². The van der Waals surface area contributed by atoms with E-state index in [0.717, 1.165) is 22.4 Å². The van der Waals surface area contributed by atoms with Gasteiger partial charge in [0, 0.05) is 36.3 Å². The number of alkyl halides is 2. The number of benzene rings is 1. The molecule has 0 radical (unpaired) electrons. The van der Waals surface area contributed by atoms with Gasteiger partial charge in [-0.3, -0.25) is 0 Å². The molecule has 0 fully saturated rings. The summed E-state index contributed by atoms with van der Waals surface area (Å²) in [5, 5.41) is 0. The van der Waals surface area contributed by atoms with Crippen LogP contribution in [-0.4, -0.2) is 58.7 Å². The molecule has 0 atom stereocenters. The number of hydrogen-bond donors (Lipinski definition) is 0. The van der Waals surface area contributed by atoms with Crippen LogP contribution in [-0.2, 0) is 10.0 Å². The van der Waals surface area contributed by atoms with Crippen LogP contribution in [0.15, 0.2) is 32.9 Å². The number of rotatable bonds is 12. The smallest absolute Gasteiger partial charge is 0.293 e. The van der Waals surface area contributed by atoms with Gasteiger partial charge in [-0.05, 0) is 49.6 Å². The molecule has 0 bridgehead atoms. The van der Waals surface area contributed by atoms with Gasteiger partial charge in [-0.15, -0.1) is 38.9 Å². The molecule has 2 rings (SSSR count). The van der Waals surface area contributed by atoms with E-state index in [1.54, 1.807) is 31.1 Å². The number of sulfonamides is 1. The number of thiophene rings is 1. The van der Waals surface area contributed by atoms with E-state index >= 15 is 0 Å². The fraction of sp³-hybridized carbons (Fsp3) is 0.450. The molecule has 0 N–H and O–H groups in total. The average molecular weight is 493 g/mol. The van der Waals surface area contributed by atoms with Crippen molar-refractivity contribution in [2.45, 2.75) is 24.0 Å². The summed E-state index contributed by atoms with van der Waals surface area (Å²) in [6, 6.07) is 7.10. The second kappa shape index (κ2) is 11.8. The molecule has 2 aromatic rings. The molecule has 0 saturated carbocycles. The van der Waals surface area contributed by atoms with Crippen molar-refractivity contribution in [2.24, 2.45) is 4.40 Å². The Labute approximate surface area is 192 Å². The van der Waals surface area contributed by atoms with E-state index in [1.807, 2.05) is 19.1 Å². The van der Waals surface area contributed by atoms with Crippen molar-refractivity contribution in [3.8, 4) is 21.9 Å². The molecule has 1 aromatic heterocycles. The fourth-order valence-electron chi connectivity index (χ4n) is 2.50. The Morgan fingerprint density at radius 1 is 1.07 bits per heavy atom. The van der Waals surface area contributed by atoms with Crippen molar-refractivity contribution in [3.05, 3.63) is 29.8 Å². The first-order valence-electron chi connectivity index (χ1n) is 9.38. The molecule has 6 nitrogen and oxygen atoms in total. The molecule has 10 heteroatoms. The van der Waals surface area contributed by atoms with Gasteiger partial charge in [0.2, 0.25) is 0 Å². The predicted molar refractivity (Wildman–Crippen MR) is 126 cm³/mol. The molecule has 1 heterocycles. The van der Waals surface area contributed by atoms with E-state index in [9.17, 15) is 8.42 Å². The predicted octanol–water partition coefficient (Wildman–Crippen LogP) is 5.02. The molecule has 0 spiro atoms. The van der Waals surface area contributed by atoms with Crippen LogP contribution in [0.25, 0.3) is 10.4 Å². The van der Waals surface area contributed by atoms with Gasteiger partial charge in [0.25, 0.3) is 10.0 Å². The van der Waals surface area contributed by atoms with Crippen molar-refractivity contribution >= 4 is 50.9 Å². The maximum Gasteiger partial charge on any atom is 0.293 e. The Morgan fingerprint density at radius 2 is 1.73 bits per heavy atom. The third-order valence-electron chi connectivity index (χ3n) is 3.95. The molecule has 166 valence electrons. The lowest BCUT2D eigenvalue weighted by Crippen LogP contribution is -2.09. The number of hydrogen-bond acceptors (Lipinski definition) is 5. The largest absolute Gasteiger partial charge is 0.490 e. The van der Waals surface area contributed by atoms with Gasteiger partial charge in [0.1, 0.15) is 10.5 Å². The first-order chi connectivity index (χ1) is 14.3. The highest BCUT2D eigenvalue weighted by molar-refractivity contribution is 7.92. The second-order valence-electron chi connectivity index (χ2n) is 6.63. The zero-order valence-electron chi connectivity index (χ0n) is 17.2. The summed E-state index contributed by atoms with van der Waals surface area (Å²) in [5.74, 6) is 2.29. The van der Waals surface area contributed by atoms with Crippen LogP contribution < -0.4 is 9.47 Å². The van der Waals surface area contributed by atoms with Crippen LogP contribution >= 0.6 is 34.5 Å². The van der Waals surface area contributed by atoms with Crippen molar-refractivity contribution < 1.29 is 17.9 Å². The Bertz CT molecular complexity index is 960. The van der Waals surface area contributed by atoms with E-state index < -0.39 is 10.0 Å². The van der Waals surface area contributed by atoms with Crippen molar-refractivity contribution in [2.75, 3.05) is 39.1 Å². The molecule has 0 saturated heterocycles. The maximum absolute atomic E-state index is 12.4. The standard InChI is InChI=1S/C20H26Cl2N2O4S2/c1-15-16(18-8-9-19(29-18)30(25,26)23-14-24(2)3)6-7-17(27-12-4-10-21)20(15)28-13-5-11-22/h6-9,14H,4-5,10-13H2,1-3H3. The first kappa shape index (κ1) is 24.8. The Hall–Kier alpha value is -1.48. The molecular weight excluding hydrogens is 467 g/mol. The van der Waals surface area contributed by atoms with E-state index in [1.165, 1.54) is 17.7 Å². The SMILES string of the molecule is Cc1c(-c2ccc(S(=O)(=O)N=CN(C)C)s2)ccc(OCCCCl)c1OCCCCl. The van der Waals surface area contributed by atoms with Gasteiger partial charge in [0.05, 0.1) is 13.2 Å². The summed E-state index contributed by atoms with van der Waals surface area (Å²) in [4.78, 5) is 2.38. The van der Waals surface area contributed by atoms with Gasteiger partial charge in [-0.2, -0.15) is 8.42 Å². The van der Waals surface area contributed by atoms with Gasteiger partial charge >= 0.3 is 0 Å². The summed E-state index contributed by atoms with van der Waals surface area (Å²) in [6.07, 6.45) is 2.70. The lowest BCUT2D eigenvalue weighted by Gasteiger charge is -2.17. The van der Waals surface area contributed by atoms with Gasteiger partial charge in [-0.1, -0.05) is 0 Å². The summed E-state index contributed by atoms with van der Waals surface area (Å²) in [5.41, 5.74) is 1.75. The monoisotopic (exact) mass is 492 g/mol. The summed E-state index contributed by atoms with van der Waals surface area (Å²) < 4.78 is 40.5. The first-order valence-corrected chi connectivity index (χ1v) is 12.7. The molecule has 0 aliphatic rings. The minimum atomic E-state index is -3.74. The average Bonchev–Trinajstić information content (AvgIpc) is 3.20. The van der Waals surface area contributed by atoms with Crippen LogP contribution in [0.4, 0.5) is 0 Å². The van der Waals surface area contributed by atoms with E-state index in [4.69, 9.17) is 32.7 Å². The Balaban J connectivity index is 2.37. The normalized spacial score (nSPS) is 11.8. The lowest BCUT2D eigenvalue weighted by atomic mass is 10.1. The molecule has 0 aliphatic heterocycles. The lowest BCUT2D eigenvalue weighted by molar-refractivity contribution is 0.268. The van der Waals surface area contributed by atoms with Gasteiger partial charge in [-0.25, -0.2) is 0 Å². The third kappa shape index (κ3) is 6.77. The summed E-state index contributed by atoms with van der Waals surface area (Å²) in [7, 11) is -0.317. The minimum Gasteiger partial charge on any atom is -0.490 e. The van der Waals surface area contributed by atoms with Crippen molar-refractivity contribution in [1.82, 2.24) is 4.90 Å². The highest BCUT2D eigenvalue weighted by Crippen LogP contribution is 2.41. The summed E-state index contributed by atoms with van der Waals surface area (Å²) >= 11 is 12.7. The van der Waals surface area contributed by atoms with E-state index in [0.29, 0.717) is 42.9 Å². The van der Waals surface area contributed by atoms with Crippen LogP contribution in [0.3, 0.4) is 0 Å². The summed E-state index contributed by atoms with van der Waals surface area (Å²) in [6.45, 7) is 2.88. The number of halogens is 2. The van der Waals surface area contributed by atoms with Gasteiger partial charge in [0.15, 0.2) is 11.5 Å². The molecule has 0 aliphatic carbocycles. The highest BCUT2D eigenvalue weighted by atomic mass is 35.5. The van der Waals surface area contributed by atoms with Crippen LogP contribution in [0.2, 0.25) is 0 Å². The highest BCUT2D eigenvalue weighted by Gasteiger charge is 2.19. The molecule has 30 heavy (non-hydrogen) atoms.